The van der Waals surface area contributed by atoms with Crippen molar-refractivity contribution < 1.29 is 0 Å². The fourth-order valence-electron chi connectivity index (χ4n) is 8.72. The summed E-state index contributed by atoms with van der Waals surface area (Å²) in [6, 6.07) is 8.68. The van der Waals surface area contributed by atoms with Crippen LogP contribution >= 0.6 is 15.9 Å². The van der Waals surface area contributed by atoms with Crippen molar-refractivity contribution in [3.05, 3.63) is 66.1 Å². The number of para-hydroxylation sites is 2. The maximum absolute atomic E-state index is 14.1. The molecule has 4 heterocycles. The lowest BCUT2D eigenvalue weighted by atomic mass is 9.64. The highest BCUT2D eigenvalue weighted by atomic mass is 79.9. The summed E-state index contributed by atoms with van der Waals surface area (Å²) in [5.41, 5.74) is -0.0120. The standard InChI is InChI=1S/C31H38BrN5O3/c1-18-9-10-19-11-20(13-21(18)12-19)16-35-22-5-4-6-23(35)15-24(14-22)37-27-8-3-2-7-26(27)33-28(30(37)39)36-17-25(32)29(38)34-31(36)40/h2-3,7-8,17-24H,4-6,9-16H2,1H3,(H,34,38,40)/t18-,19+,20+,21+,22-,23+,24+/m0/s1. The minimum absolute atomic E-state index is 0.0242. The molecule has 0 amide bonds. The second kappa shape index (κ2) is 10.4. The van der Waals surface area contributed by atoms with Crippen LogP contribution in [0, 0.1) is 23.7 Å². The van der Waals surface area contributed by atoms with Gasteiger partial charge in [0.25, 0.3) is 11.1 Å². The van der Waals surface area contributed by atoms with Crippen LogP contribution < -0.4 is 16.8 Å². The number of H-pyrrole nitrogens is 1. The van der Waals surface area contributed by atoms with E-state index in [1.165, 1.54) is 64.1 Å². The molecule has 4 aliphatic rings. The van der Waals surface area contributed by atoms with Gasteiger partial charge in [-0.05, 0) is 96.7 Å². The van der Waals surface area contributed by atoms with Crippen molar-refractivity contribution in [1.82, 2.24) is 24.0 Å². The maximum atomic E-state index is 14.1. The van der Waals surface area contributed by atoms with Gasteiger partial charge in [-0.2, -0.15) is 0 Å². The van der Waals surface area contributed by atoms with Gasteiger partial charge < -0.3 is 4.57 Å². The Morgan fingerprint density at radius 1 is 0.950 bits per heavy atom. The van der Waals surface area contributed by atoms with E-state index in [0.29, 0.717) is 17.6 Å². The second-order valence-electron chi connectivity index (χ2n) is 13.0. The highest BCUT2D eigenvalue weighted by Crippen LogP contribution is 2.47. The minimum atomic E-state index is -0.669. The second-order valence-corrected chi connectivity index (χ2v) is 13.9. The smallest absolute Gasteiger partial charge is 0.300 e. The molecule has 2 aliphatic heterocycles. The fourth-order valence-corrected chi connectivity index (χ4v) is 9.03. The first-order valence-corrected chi connectivity index (χ1v) is 15.9. The molecule has 8 nitrogen and oxygen atoms in total. The topological polar surface area (TPSA) is 93.0 Å². The molecule has 2 aliphatic carbocycles. The summed E-state index contributed by atoms with van der Waals surface area (Å²) < 4.78 is 3.24. The summed E-state index contributed by atoms with van der Waals surface area (Å²) in [5.74, 6) is 3.53. The van der Waals surface area contributed by atoms with Crippen LogP contribution in [0.3, 0.4) is 0 Å². The lowest BCUT2D eigenvalue weighted by molar-refractivity contribution is -0.0142. The Hall–Kier alpha value is -2.52. The van der Waals surface area contributed by atoms with E-state index in [1.807, 2.05) is 28.8 Å². The van der Waals surface area contributed by atoms with Gasteiger partial charge in [-0.1, -0.05) is 38.3 Å². The zero-order valence-corrected chi connectivity index (χ0v) is 24.7. The van der Waals surface area contributed by atoms with E-state index >= 15 is 0 Å². The third-order valence-electron chi connectivity index (χ3n) is 10.6. The Kier molecular flexibility index (Phi) is 6.85. The van der Waals surface area contributed by atoms with Crippen LogP contribution in [0.5, 0.6) is 0 Å². The Labute approximate surface area is 241 Å². The molecule has 0 spiro atoms. The first kappa shape index (κ1) is 26.4. The lowest BCUT2D eigenvalue weighted by Crippen LogP contribution is -2.55. The third kappa shape index (κ3) is 4.63. The zero-order valence-electron chi connectivity index (χ0n) is 23.1. The molecule has 212 valence electrons. The molecule has 1 N–H and O–H groups in total. The summed E-state index contributed by atoms with van der Waals surface area (Å²) in [4.78, 5) is 48.5. The lowest BCUT2D eigenvalue weighted by Gasteiger charge is -2.52. The molecular weight excluding hydrogens is 570 g/mol. The molecule has 7 atom stereocenters. The zero-order chi connectivity index (χ0) is 27.5. The predicted octanol–water partition coefficient (Wildman–Crippen LogP) is 5.02. The van der Waals surface area contributed by atoms with Crippen molar-refractivity contribution in [1.29, 1.82) is 0 Å². The third-order valence-corrected chi connectivity index (χ3v) is 11.2. The number of aromatic nitrogens is 4. The number of aromatic amines is 1. The van der Waals surface area contributed by atoms with Gasteiger partial charge in [0.2, 0.25) is 5.82 Å². The molecule has 2 aromatic heterocycles. The van der Waals surface area contributed by atoms with Crippen molar-refractivity contribution in [3.8, 4) is 5.82 Å². The van der Waals surface area contributed by atoms with Gasteiger partial charge in [-0.15, -0.1) is 0 Å². The highest BCUT2D eigenvalue weighted by molar-refractivity contribution is 9.10. The summed E-state index contributed by atoms with van der Waals surface area (Å²) in [6.45, 7) is 3.67. The van der Waals surface area contributed by atoms with Crippen LogP contribution in [0.4, 0.5) is 0 Å². The molecule has 40 heavy (non-hydrogen) atoms. The monoisotopic (exact) mass is 607 g/mol. The molecule has 3 aromatic rings. The molecule has 0 radical (unpaired) electrons. The van der Waals surface area contributed by atoms with Gasteiger partial charge >= 0.3 is 5.69 Å². The van der Waals surface area contributed by atoms with E-state index in [1.54, 1.807) is 0 Å². The number of hydrogen-bond donors (Lipinski definition) is 1. The van der Waals surface area contributed by atoms with E-state index in [4.69, 9.17) is 0 Å². The summed E-state index contributed by atoms with van der Waals surface area (Å²) in [5, 5.41) is 0. The average Bonchev–Trinajstić information content (AvgIpc) is 2.93. The molecule has 1 aromatic carbocycles. The Bertz CT molecular complexity index is 1600. The van der Waals surface area contributed by atoms with Crippen LogP contribution in [-0.4, -0.2) is 42.6 Å². The number of piperidine rings is 2. The first-order chi connectivity index (χ1) is 19.4. The van der Waals surface area contributed by atoms with Crippen LogP contribution in [-0.2, 0) is 0 Å². The largest absolute Gasteiger partial charge is 0.334 e. The number of rotatable bonds is 4. The Morgan fingerprint density at radius 2 is 1.73 bits per heavy atom. The molecule has 2 saturated carbocycles. The van der Waals surface area contributed by atoms with Crippen LogP contribution in [0.15, 0.2) is 49.3 Å². The molecule has 2 saturated heterocycles. The number of fused-ring (bicyclic) bond motifs is 5. The first-order valence-electron chi connectivity index (χ1n) is 15.1. The van der Waals surface area contributed by atoms with E-state index < -0.39 is 11.2 Å². The van der Waals surface area contributed by atoms with Crippen molar-refractivity contribution >= 4 is 27.0 Å². The van der Waals surface area contributed by atoms with Crippen LogP contribution in [0.1, 0.15) is 77.2 Å². The number of nitrogens with one attached hydrogen (secondary N) is 1. The molecular formula is C31H38BrN5O3. The predicted molar refractivity (Wildman–Crippen MR) is 159 cm³/mol. The minimum Gasteiger partial charge on any atom is -0.300 e. The maximum Gasteiger partial charge on any atom is 0.334 e. The van der Waals surface area contributed by atoms with Gasteiger partial charge in [0.05, 0.1) is 15.5 Å². The molecule has 4 fully saturated rings. The number of benzene rings is 1. The van der Waals surface area contributed by atoms with Gasteiger partial charge in [0, 0.05) is 30.9 Å². The van der Waals surface area contributed by atoms with Gasteiger partial charge in [-0.3, -0.25) is 19.5 Å². The van der Waals surface area contributed by atoms with Gasteiger partial charge in [0.1, 0.15) is 0 Å². The Balaban J connectivity index is 1.22. The van der Waals surface area contributed by atoms with E-state index in [9.17, 15) is 14.4 Å². The number of halogens is 1. The van der Waals surface area contributed by atoms with Crippen molar-refractivity contribution in [2.24, 2.45) is 23.7 Å². The Morgan fingerprint density at radius 3 is 2.52 bits per heavy atom. The molecule has 7 rings (SSSR count). The summed E-state index contributed by atoms with van der Waals surface area (Å²) in [6.07, 6.45) is 13.9. The highest BCUT2D eigenvalue weighted by Gasteiger charge is 2.43. The fraction of sp³-hybridized carbons (Fsp3) is 0.613. The van der Waals surface area contributed by atoms with Crippen LogP contribution in [0.2, 0.25) is 0 Å². The summed E-state index contributed by atoms with van der Waals surface area (Å²) in [7, 11) is 0. The van der Waals surface area contributed by atoms with E-state index in [0.717, 1.165) is 46.6 Å². The van der Waals surface area contributed by atoms with Crippen molar-refractivity contribution in [2.75, 3.05) is 6.54 Å². The van der Waals surface area contributed by atoms with Crippen LogP contribution in [0.25, 0.3) is 16.9 Å². The van der Waals surface area contributed by atoms with Gasteiger partial charge in [-0.25, -0.2) is 14.3 Å². The molecule has 4 bridgehead atoms. The van der Waals surface area contributed by atoms with E-state index in [2.05, 4.69) is 37.7 Å². The van der Waals surface area contributed by atoms with Crippen molar-refractivity contribution in [2.45, 2.75) is 89.3 Å². The van der Waals surface area contributed by atoms with Gasteiger partial charge in [0.15, 0.2) is 0 Å². The van der Waals surface area contributed by atoms with Crippen molar-refractivity contribution in [3.63, 3.8) is 0 Å². The summed E-state index contributed by atoms with van der Waals surface area (Å²) >= 11 is 3.20. The normalized spacial score (nSPS) is 32.3. The molecule has 9 heteroatoms. The SMILES string of the molecule is C[C@H]1CC[C@@H]2C[C@@H](CN3[C@@H]4CCC[C@H]3C[C@@H](n3c(=O)c(-n5cc(Br)c(=O)[nH]c5=O)nc5ccccc53)C4)C[C@H]1C2. The number of hydrogen-bond acceptors (Lipinski definition) is 5. The van der Waals surface area contributed by atoms with E-state index in [-0.39, 0.29) is 21.9 Å². The quantitative estimate of drug-likeness (QED) is 0.449. The number of nitrogens with zero attached hydrogens (tertiary/aromatic N) is 4. The average molecular weight is 609 g/mol. The molecule has 0 unspecified atom stereocenters.